The fourth-order valence-corrected chi connectivity index (χ4v) is 5.69. The molecule has 1 heterocycles. The quantitative estimate of drug-likeness (QED) is 0.186. The van der Waals surface area contributed by atoms with Crippen LogP contribution < -0.4 is 4.90 Å². The van der Waals surface area contributed by atoms with Gasteiger partial charge in [0.1, 0.15) is 6.34 Å². The highest BCUT2D eigenvalue weighted by Crippen LogP contribution is 2.53. The molecule has 0 atom stereocenters. The van der Waals surface area contributed by atoms with Gasteiger partial charge in [-0.2, -0.15) is 0 Å². The highest BCUT2D eigenvalue weighted by molar-refractivity contribution is 6.06. The van der Waals surface area contributed by atoms with E-state index in [2.05, 4.69) is 141 Å². The molecule has 6 rings (SSSR count). The topological polar surface area (TPSA) is 28.0 Å². The molecule has 0 amide bonds. The van der Waals surface area contributed by atoms with Gasteiger partial charge in [0, 0.05) is 10.8 Å². The van der Waals surface area contributed by atoms with E-state index in [-0.39, 0.29) is 5.41 Å². The van der Waals surface area contributed by atoms with Crippen LogP contribution in [0.3, 0.4) is 0 Å². The molecular formula is C34H29N3. The number of hydrogen-bond acceptors (Lipinski definition) is 2. The molecular weight excluding hydrogens is 450 g/mol. The summed E-state index contributed by atoms with van der Waals surface area (Å²) in [6, 6.07) is 37.0. The monoisotopic (exact) mass is 479 g/mol. The average molecular weight is 480 g/mol. The van der Waals surface area contributed by atoms with Gasteiger partial charge < -0.3 is 4.90 Å². The number of hydrogen-bond donors (Lipinski definition) is 0. The van der Waals surface area contributed by atoms with E-state index in [4.69, 9.17) is 4.99 Å². The van der Waals surface area contributed by atoms with Gasteiger partial charge in [-0.3, -0.25) is 4.99 Å². The van der Waals surface area contributed by atoms with E-state index >= 15 is 0 Å². The van der Waals surface area contributed by atoms with Crippen molar-refractivity contribution in [2.24, 2.45) is 9.98 Å². The first-order chi connectivity index (χ1) is 18.0. The Morgan fingerprint density at radius 2 is 1.30 bits per heavy atom. The van der Waals surface area contributed by atoms with Crippen molar-refractivity contribution in [3.05, 3.63) is 120 Å². The number of anilines is 3. The third-order valence-electron chi connectivity index (χ3n) is 7.62. The maximum absolute atomic E-state index is 4.69. The van der Waals surface area contributed by atoms with Crippen LogP contribution >= 0.6 is 0 Å². The van der Waals surface area contributed by atoms with Gasteiger partial charge >= 0.3 is 0 Å². The minimum atomic E-state index is -0.113. The Bertz CT molecular complexity index is 1630. The molecule has 0 saturated carbocycles. The van der Waals surface area contributed by atoms with Crippen molar-refractivity contribution in [1.29, 1.82) is 0 Å². The molecule has 0 radical (unpaired) electrons. The van der Waals surface area contributed by atoms with Crippen molar-refractivity contribution in [3.63, 3.8) is 0 Å². The lowest BCUT2D eigenvalue weighted by Gasteiger charge is -2.42. The van der Waals surface area contributed by atoms with Gasteiger partial charge in [0.05, 0.1) is 22.7 Å². The Kier molecular flexibility index (Phi) is 5.49. The summed E-state index contributed by atoms with van der Waals surface area (Å²) in [4.78, 5) is 11.0. The van der Waals surface area contributed by atoms with Crippen LogP contribution in [0.1, 0.15) is 30.5 Å². The van der Waals surface area contributed by atoms with Crippen LogP contribution in [-0.4, -0.2) is 13.1 Å². The summed E-state index contributed by atoms with van der Waals surface area (Å²) < 4.78 is 0. The van der Waals surface area contributed by atoms with E-state index < -0.39 is 0 Å². The largest absolute Gasteiger partial charge is 0.309 e. The lowest BCUT2D eigenvalue weighted by atomic mass is 9.73. The Hall–Kier alpha value is -4.50. The molecule has 1 aliphatic rings. The first-order valence-corrected chi connectivity index (χ1v) is 12.6. The predicted octanol–water partition coefficient (Wildman–Crippen LogP) is 9.28. The molecule has 0 N–H and O–H groups in total. The van der Waals surface area contributed by atoms with Crippen LogP contribution in [0.5, 0.6) is 0 Å². The molecule has 0 spiro atoms. The number of nitrogens with zero attached hydrogens (tertiary/aromatic N) is 3. The summed E-state index contributed by atoms with van der Waals surface area (Å²) in [5, 5.41) is 2.36. The zero-order valence-electron chi connectivity index (χ0n) is 21.4. The predicted molar refractivity (Wildman–Crippen MR) is 159 cm³/mol. The van der Waals surface area contributed by atoms with Crippen molar-refractivity contribution in [2.75, 3.05) is 4.90 Å². The summed E-state index contributed by atoms with van der Waals surface area (Å²) in [5.74, 6) is 0. The van der Waals surface area contributed by atoms with Gasteiger partial charge in [-0.05, 0) is 71.1 Å². The first-order valence-electron chi connectivity index (χ1n) is 12.6. The van der Waals surface area contributed by atoms with Crippen LogP contribution in [0, 0.1) is 6.92 Å². The second kappa shape index (κ2) is 8.86. The molecule has 0 unspecified atom stereocenters. The number of aryl methyl sites for hydroxylation is 1. The SMILES string of the molecule is C=NC=Nc1cc(N2c3ccccc3C(C)(C)c3ccccc32)c2ccc(-c3ccccc3)cc2c1C. The fourth-order valence-electron chi connectivity index (χ4n) is 5.69. The van der Waals surface area contributed by atoms with Gasteiger partial charge in [0.25, 0.3) is 0 Å². The Morgan fingerprint density at radius 3 is 1.95 bits per heavy atom. The first kappa shape index (κ1) is 22.9. The summed E-state index contributed by atoms with van der Waals surface area (Å²) in [6.07, 6.45) is 1.53. The molecule has 0 aromatic heterocycles. The number of para-hydroxylation sites is 2. The van der Waals surface area contributed by atoms with Crippen LogP contribution in [0.25, 0.3) is 21.9 Å². The Labute approximate surface area is 218 Å². The third kappa shape index (κ3) is 3.66. The van der Waals surface area contributed by atoms with E-state index in [1.165, 1.54) is 50.7 Å². The summed E-state index contributed by atoms with van der Waals surface area (Å²) >= 11 is 0. The van der Waals surface area contributed by atoms with Crippen molar-refractivity contribution >= 4 is 46.6 Å². The number of rotatable bonds is 4. The fraction of sp³-hybridized carbons (Fsp3) is 0.118. The van der Waals surface area contributed by atoms with Crippen LogP contribution in [0.15, 0.2) is 113 Å². The Balaban J connectivity index is 1.69. The molecule has 180 valence electrons. The minimum Gasteiger partial charge on any atom is -0.309 e. The molecule has 1 aliphatic heterocycles. The molecule has 3 heteroatoms. The molecule has 5 aromatic rings. The zero-order chi connectivity index (χ0) is 25.6. The minimum absolute atomic E-state index is 0.113. The molecule has 0 aliphatic carbocycles. The van der Waals surface area contributed by atoms with Crippen LogP contribution in [0.2, 0.25) is 0 Å². The Morgan fingerprint density at radius 1 is 0.676 bits per heavy atom. The second-order valence-corrected chi connectivity index (χ2v) is 10.1. The highest BCUT2D eigenvalue weighted by atomic mass is 15.2. The van der Waals surface area contributed by atoms with Gasteiger partial charge in [0.15, 0.2) is 0 Å². The van der Waals surface area contributed by atoms with Gasteiger partial charge in [-0.15, -0.1) is 0 Å². The van der Waals surface area contributed by atoms with E-state index in [9.17, 15) is 0 Å². The molecule has 3 nitrogen and oxygen atoms in total. The van der Waals surface area contributed by atoms with Crippen molar-refractivity contribution in [1.82, 2.24) is 0 Å². The molecule has 0 bridgehead atoms. The smallest absolute Gasteiger partial charge is 0.115 e. The van der Waals surface area contributed by atoms with Crippen molar-refractivity contribution in [3.8, 4) is 11.1 Å². The number of aliphatic imine (C=N–C) groups is 2. The number of fused-ring (bicyclic) bond motifs is 3. The average Bonchev–Trinajstić information content (AvgIpc) is 2.94. The van der Waals surface area contributed by atoms with Crippen molar-refractivity contribution < 1.29 is 0 Å². The normalized spacial score (nSPS) is 14.0. The molecule has 37 heavy (non-hydrogen) atoms. The van der Waals surface area contributed by atoms with E-state index in [0.717, 1.165) is 16.9 Å². The van der Waals surface area contributed by atoms with Gasteiger partial charge in [-0.25, -0.2) is 4.99 Å². The number of benzene rings is 5. The molecule has 5 aromatic carbocycles. The zero-order valence-corrected chi connectivity index (χ0v) is 21.4. The lowest BCUT2D eigenvalue weighted by molar-refractivity contribution is 0.632. The maximum Gasteiger partial charge on any atom is 0.115 e. The van der Waals surface area contributed by atoms with Crippen molar-refractivity contribution in [2.45, 2.75) is 26.2 Å². The van der Waals surface area contributed by atoms with E-state index in [1.54, 1.807) is 0 Å². The van der Waals surface area contributed by atoms with E-state index in [1.807, 2.05) is 0 Å². The van der Waals surface area contributed by atoms with E-state index in [0.29, 0.717) is 0 Å². The van der Waals surface area contributed by atoms with Gasteiger partial charge in [-0.1, -0.05) is 92.7 Å². The summed E-state index contributed by atoms with van der Waals surface area (Å²) in [5.41, 5.74) is 10.4. The van der Waals surface area contributed by atoms with Gasteiger partial charge in [0.2, 0.25) is 0 Å². The summed E-state index contributed by atoms with van der Waals surface area (Å²) in [7, 11) is 0. The molecule has 0 fully saturated rings. The summed E-state index contributed by atoms with van der Waals surface area (Å²) in [6.45, 7) is 10.4. The third-order valence-corrected chi connectivity index (χ3v) is 7.62. The lowest BCUT2D eigenvalue weighted by Crippen LogP contribution is -2.30. The van der Waals surface area contributed by atoms with Crippen LogP contribution in [0.4, 0.5) is 22.7 Å². The highest BCUT2D eigenvalue weighted by Gasteiger charge is 2.37. The maximum atomic E-state index is 4.69. The van der Waals surface area contributed by atoms with Crippen LogP contribution in [-0.2, 0) is 5.41 Å². The second-order valence-electron chi connectivity index (χ2n) is 10.1. The standard InChI is InChI=1S/C34H29N3/c1-23-27-20-25(24-12-6-5-7-13-24)18-19-26(27)33(21-30(23)36-22-35-4)37-31-16-10-8-14-28(31)34(2,3)29-15-9-11-17-32(29)37/h5-22H,4H2,1-3H3. The molecule has 0 saturated heterocycles.